The minimum absolute atomic E-state index is 0.0105. The fourth-order valence-electron chi connectivity index (χ4n) is 8.61. The Morgan fingerprint density at radius 2 is 1.65 bits per heavy atom. The summed E-state index contributed by atoms with van der Waals surface area (Å²) in [7, 11) is 1.96. The Morgan fingerprint density at radius 3 is 2.38 bits per heavy atom. The van der Waals surface area contributed by atoms with Gasteiger partial charge in [-0.2, -0.15) is 0 Å². The molecule has 0 spiro atoms. The van der Waals surface area contributed by atoms with E-state index in [1.54, 1.807) is 5.01 Å². The van der Waals surface area contributed by atoms with Gasteiger partial charge in [0.25, 0.3) is 0 Å². The van der Waals surface area contributed by atoms with Crippen LogP contribution in [0.25, 0.3) is 0 Å². The van der Waals surface area contributed by atoms with Crippen LogP contribution in [-0.2, 0) is 9.59 Å². The number of para-hydroxylation sites is 2. The molecule has 2 aromatic rings. The number of nitrogens with zero attached hydrogens (tertiary/aromatic N) is 2. The molecule has 1 aliphatic heterocycles. The van der Waals surface area contributed by atoms with Gasteiger partial charge in [-0.1, -0.05) is 56.3 Å². The lowest BCUT2D eigenvalue weighted by Crippen LogP contribution is -2.54. The normalized spacial score (nSPS) is 34.6. The molecular weight excluding hydrogens is 458 g/mol. The number of nitrogens with one attached hydrogen (secondary N) is 1. The summed E-state index contributed by atoms with van der Waals surface area (Å²) < 4.78 is 0. The number of carbonyl (C=O) groups is 2. The summed E-state index contributed by atoms with van der Waals surface area (Å²) in [6, 6.07) is 20.0. The van der Waals surface area contributed by atoms with E-state index in [0.717, 1.165) is 49.9 Å². The number of fused-ring (bicyclic) bond motifs is 5. The molecule has 0 bridgehead atoms. The molecule has 1 heterocycles. The van der Waals surface area contributed by atoms with Crippen LogP contribution in [0.4, 0.5) is 11.4 Å². The van der Waals surface area contributed by atoms with Crippen molar-refractivity contribution in [1.29, 1.82) is 0 Å². The van der Waals surface area contributed by atoms with E-state index in [-0.39, 0.29) is 28.6 Å². The Labute approximate surface area is 220 Å². The average Bonchev–Trinajstić information content (AvgIpc) is 3.28. The van der Waals surface area contributed by atoms with Crippen LogP contribution in [0.2, 0.25) is 0 Å². The first-order valence-corrected chi connectivity index (χ1v) is 14.0. The van der Waals surface area contributed by atoms with Crippen LogP contribution in [0, 0.1) is 34.5 Å². The summed E-state index contributed by atoms with van der Waals surface area (Å²) in [6.45, 7) is 4.80. The number of benzene rings is 2. The molecule has 3 aliphatic carbocycles. The van der Waals surface area contributed by atoms with E-state index in [1.165, 1.54) is 5.70 Å². The van der Waals surface area contributed by atoms with E-state index in [4.69, 9.17) is 0 Å². The highest BCUT2D eigenvalue weighted by Gasteiger charge is 2.61. The summed E-state index contributed by atoms with van der Waals surface area (Å²) in [6.07, 6.45) is 9.25. The molecule has 0 radical (unpaired) electrons. The first-order chi connectivity index (χ1) is 17.8. The molecule has 2 amide bonds. The van der Waals surface area contributed by atoms with E-state index in [0.29, 0.717) is 24.2 Å². The predicted octanol–water partition coefficient (Wildman–Crippen LogP) is 6.65. The number of likely N-dealkylation sites (tertiary alicyclic amines) is 1. The first kappa shape index (κ1) is 24.3. The van der Waals surface area contributed by atoms with Crippen molar-refractivity contribution in [2.75, 3.05) is 17.5 Å². The van der Waals surface area contributed by atoms with Crippen molar-refractivity contribution < 1.29 is 9.59 Å². The second kappa shape index (κ2) is 9.04. The second-order valence-corrected chi connectivity index (χ2v) is 12.2. The third kappa shape index (κ3) is 3.81. The summed E-state index contributed by atoms with van der Waals surface area (Å²) in [5, 5.41) is 1.79. The second-order valence-electron chi connectivity index (χ2n) is 12.2. The van der Waals surface area contributed by atoms with E-state index in [1.807, 2.05) is 72.6 Å². The highest BCUT2D eigenvalue weighted by Crippen LogP contribution is 2.66. The lowest BCUT2D eigenvalue weighted by atomic mass is 9.49. The van der Waals surface area contributed by atoms with Gasteiger partial charge in [-0.3, -0.25) is 15.0 Å². The zero-order valence-corrected chi connectivity index (χ0v) is 22.3. The van der Waals surface area contributed by atoms with E-state index < -0.39 is 0 Å². The first-order valence-electron chi connectivity index (χ1n) is 14.0. The molecule has 3 fully saturated rings. The van der Waals surface area contributed by atoms with Crippen molar-refractivity contribution in [1.82, 2.24) is 4.90 Å². The quantitative estimate of drug-likeness (QED) is 0.481. The number of allylic oxidation sites excluding steroid dienone is 2. The summed E-state index contributed by atoms with van der Waals surface area (Å²) in [4.78, 5) is 28.7. The molecule has 194 valence electrons. The van der Waals surface area contributed by atoms with Crippen LogP contribution in [0.15, 0.2) is 72.4 Å². The number of piperidine rings is 1. The minimum atomic E-state index is -0.0122. The minimum Gasteiger partial charge on any atom is -0.319 e. The molecule has 1 N–H and O–H groups in total. The average molecular weight is 498 g/mol. The molecule has 2 saturated carbocycles. The molecule has 37 heavy (non-hydrogen) atoms. The molecule has 0 aromatic heterocycles. The van der Waals surface area contributed by atoms with Crippen LogP contribution in [0.3, 0.4) is 0 Å². The monoisotopic (exact) mass is 497 g/mol. The van der Waals surface area contributed by atoms with Crippen molar-refractivity contribution in [2.45, 2.75) is 58.8 Å². The van der Waals surface area contributed by atoms with Crippen molar-refractivity contribution in [3.63, 3.8) is 0 Å². The maximum absolute atomic E-state index is 14.3. The Kier molecular flexibility index (Phi) is 5.93. The molecule has 6 atom stereocenters. The Hall–Kier alpha value is -3.08. The van der Waals surface area contributed by atoms with Gasteiger partial charge in [0.15, 0.2) is 0 Å². The van der Waals surface area contributed by atoms with E-state index in [9.17, 15) is 9.59 Å². The van der Waals surface area contributed by atoms with Gasteiger partial charge in [-0.25, -0.2) is 5.01 Å². The summed E-state index contributed by atoms with van der Waals surface area (Å²) in [5.74, 6) is 2.12. The smallest absolute Gasteiger partial charge is 0.249 e. The number of carbonyl (C=O) groups excluding carboxylic acids is 2. The third-order valence-corrected chi connectivity index (χ3v) is 10.6. The number of amides is 2. The largest absolute Gasteiger partial charge is 0.319 e. The molecule has 4 aliphatic rings. The summed E-state index contributed by atoms with van der Waals surface area (Å²) in [5.41, 5.74) is 6.53. The lowest BCUT2D eigenvalue weighted by Gasteiger charge is -2.58. The van der Waals surface area contributed by atoms with Crippen molar-refractivity contribution in [3.05, 3.63) is 72.4 Å². The summed E-state index contributed by atoms with van der Waals surface area (Å²) >= 11 is 0. The Morgan fingerprint density at radius 1 is 0.946 bits per heavy atom. The Bertz CT molecular complexity index is 1210. The van der Waals surface area contributed by atoms with Crippen LogP contribution < -0.4 is 10.4 Å². The fourth-order valence-corrected chi connectivity index (χ4v) is 8.61. The molecule has 1 saturated heterocycles. The van der Waals surface area contributed by atoms with E-state index in [2.05, 4.69) is 25.3 Å². The van der Waals surface area contributed by atoms with Gasteiger partial charge in [0, 0.05) is 30.5 Å². The third-order valence-electron chi connectivity index (χ3n) is 10.6. The lowest BCUT2D eigenvalue weighted by molar-refractivity contribution is -0.137. The highest BCUT2D eigenvalue weighted by molar-refractivity contribution is 5.97. The number of hydrogen-bond acceptors (Lipinski definition) is 3. The van der Waals surface area contributed by atoms with Crippen molar-refractivity contribution in [3.8, 4) is 0 Å². The highest BCUT2D eigenvalue weighted by atomic mass is 16.2. The van der Waals surface area contributed by atoms with E-state index >= 15 is 0 Å². The van der Waals surface area contributed by atoms with Gasteiger partial charge < -0.3 is 4.90 Å². The predicted molar refractivity (Wildman–Crippen MR) is 147 cm³/mol. The van der Waals surface area contributed by atoms with Gasteiger partial charge >= 0.3 is 0 Å². The molecule has 0 unspecified atom stereocenters. The van der Waals surface area contributed by atoms with Crippen LogP contribution in [0.5, 0.6) is 0 Å². The number of anilines is 2. The van der Waals surface area contributed by atoms with Crippen LogP contribution in [0.1, 0.15) is 58.8 Å². The topological polar surface area (TPSA) is 52.7 Å². The van der Waals surface area contributed by atoms with Gasteiger partial charge in [0.1, 0.15) is 0 Å². The van der Waals surface area contributed by atoms with Gasteiger partial charge in [-0.15, -0.1) is 0 Å². The maximum atomic E-state index is 14.3. The van der Waals surface area contributed by atoms with Gasteiger partial charge in [0.05, 0.1) is 11.4 Å². The Balaban J connectivity index is 1.29. The van der Waals surface area contributed by atoms with Gasteiger partial charge in [0.2, 0.25) is 11.8 Å². The molecule has 5 nitrogen and oxygen atoms in total. The molecule has 6 rings (SSSR count). The van der Waals surface area contributed by atoms with Crippen molar-refractivity contribution in [2.24, 2.45) is 34.5 Å². The SMILES string of the molecule is CN1C(=O)CC[C@@]2(C)C1=CC[C@H]1[C@@H]3CC[C@H](C(=O)N(Nc4ccccc4)c4ccccc4)[C@@]3(C)CC[C@@H]12. The van der Waals surface area contributed by atoms with Gasteiger partial charge in [-0.05, 0) is 86.0 Å². The fraction of sp³-hybridized carbons (Fsp3) is 0.500. The van der Waals surface area contributed by atoms with Crippen molar-refractivity contribution >= 4 is 23.2 Å². The standard InChI is InChI=1S/C32H39N3O2/c1-31-20-18-26-24(14-17-28-32(26,2)21-19-29(36)34(28)3)25(31)15-16-27(31)30(37)35(23-12-8-5-9-13-23)33-22-10-6-4-7-11-22/h4-13,17,24-27,33H,14-16,18-21H2,1-3H3/t24-,25-,26-,27+,31-,32+/m0/s1. The number of hydrogen-bond donors (Lipinski definition) is 1. The molecule has 5 heteroatoms. The number of rotatable bonds is 4. The van der Waals surface area contributed by atoms with Crippen LogP contribution in [-0.4, -0.2) is 23.8 Å². The molecule has 2 aromatic carbocycles. The zero-order chi connectivity index (χ0) is 25.8. The maximum Gasteiger partial charge on any atom is 0.249 e. The zero-order valence-electron chi connectivity index (χ0n) is 22.3. The number of hydrazine groups is 1. The molecular formula is C32H39N3O2. The van der Waals surface area contributed by atoms with Crippen LogP contribution >= 0.6 is 0 Å².